The minimum atomic E-state index is -0.873. The number of carboxylic acid groups (broad SMARTS) is 1. The third-order valence-electron chi connectivity index (χ3n) is 3.15. The number of aryl methyl sites for hydroxylation is 1. The van der Waals surface area contributed by atoms with Crippen molar-refractivity contribution in [1.82, 2.24) is 15.1 Å². The van der Waals surface area contributed by atoms with E-state index in [2.05, 4.69) is 10.2 Å². The highest BCUT2D eigenvalue weighted by Crippen LogP contribution is 2.21. The van der Waals surface area contributed by atoms with Gasteiger partial charge in [0.05, 0.1) is 0 Å². The van der Waals surface area contributed by atoms with Crippen LogP contribution in [0, 0.1) is 6.92 Å². The number of aromatic nitrogens is 2. The van der Waals surface area contributed by atoms with Gasteiger partial charge < -0.3 is 20.6 Å². The molecule has 2 rings (SSSR count). The van der Waals surface area contributed by atoms with Crippen LogP contribution in [0.3, 0.4) is 0 Å². The molecule has 3 N–H and O–H groups in total. The van der Waals surface area contributed by atoms with Crippen LogP contribution >= 0.6 is 0 Å². The maximum absolute atomic E-state index is 11.0. The van der Waals surface area contributed by atoms with Crippen LogP contribution in [0.15, 0.2) is 6.07 Å². The van der Waals surface area contributed by atoms with Crippen LogP contribution in [-0.2, 0) is 0 Å². The Morgan fingerprint density at radius 1 is 1.50 bits per heavy atom. The maximum Gasteiger partial charge on any atom is 0.407 e. The van der Waals surface area contributed by atoms with E-state index in [0.29, 0.717) is 25.5 Å². The molecule has 1 atom stereocenters. The van der Waals surface area contributed by atoms with E-state index >= 15 is 0 Å². The number of hydrogen-bond donors (Lipinski definition) is 2. The highest BCUT2D eigenvalue weighted by atomic mass is 16.4. The first kappa shape index (κ1) is 12.4. The molecule has 1 aliphatic heterocycles. The molecular formula is C11H17N5O2. The third-order valence-corrected chi connectivity index (χ3v) is 3.15. The zero-order chi connectivity index (χ0) is 13.3. The number of nitrogen functional groups attached to an aromatic ring is 1. The second kappa shape index (κ2) is 4.67. The molecule has 0 saturated carbocycles. The van der Waals surface area contributed by atoms with E-state index in [4.69, 9.17) is 10.8 Å². The van der Waals surface area contributed by atoms with Crippen molar-refractivity contribution in [2.75, 3.05) is 30.3 Å². The van der Waals surface area contributed by atoms with E-state index in [0.717, 1.165) is 11.4 Å². The first-order valence-electron chi connectivity index (χ1n) is 5.83. The summed E-state index contributed by atoms with van der Waals surface area (Å²) in [5.41, 5.74) is 6.52. The average Bonchev–Trinajstić information content (AvgIpc) is 2.28. The van der Waals surface area contributed by atoms with Crippen LogP contribution in [0.4, 0.5) is 16.4 Å². The topological polar surface area (TPSA) is 95.6 Å². The molecule has 7 nitrogen and oxygen atoms in total. The Labute approximate surface area is 105 Å². The van der Waals surface area contributed by atoms with E-state index in [1.807, 2.05) is 18.7 Å². The summed E-state index contributed by atoms with van der Waals surface area (Å²) in [4.78, 5) is 14.5. The van der Waals surface area contributed by atoms with Crippen LogP contribution in [0.1, 0.15) is 12.5 Å². The van der Waals surface area contributed by atoms with Crippen LogP contribution in [0.25, 0.3) is 0 Å². The van der Waals surface area contributed by atoms with Gasteiger partial charge in [0.1, 0.15) is 5.82 Å². The van der Waals surface area contributed by atoms with Gasteiger partial charge in [-0.15, -0.1) is 10.2 Å². The Bertz CT molecular complexity index is 465. The molecule has 7 heteroatoms. The van der Waals surface area contributed by atoms with Crippen molar-refractivity contribution in [3.8, 4) is 0 Å². The number of carbonyl (C=O) groups is 1. The van der Waals surface area contributed by atoms with Gasteiger partial charge in [-0.1, -0.05) is 0 Å². The lowest BCUT2D eigenvalue weighted by Gasteiger charge is -2.39. The van der Waals surface area contributed by atoms with Crippen molar-refractivity contribution in [3.63, 3.8) is 0 Å². The molecule has 1 unspecified atom stereocenters. The number of rotatable bonds is 1. The largest absolute Gasteiger partial charge is 0.465 e. The van der Waals surface area contributed by atoms with E-state index in [1.54, 1.807) is 6.07 Å². The summed E-state index contributed by atoms with van der Waals surface area (Å²) in [5, 5.41) is 17.0. The lowest BCUT2D eigenvalue weighted by Crippen LogP contribution is -2.54. The van der Waals surface area contributed by atoms with Gasteiger partial charge in [0.2, 0.25) is 0 Å². The van der Waals surface area contributed by atoms with Gasteiger partial charge in [-0.05, 0) is 25.5 Å². The SMILES string of the molecule is Cc1cc(N)nnc1N1CCN(C(=O)O)C(C)C1. The summed E-state index contributed by atoms with van der Waals surface area (Å²) in [6.45, 7) is 5.53. The third kappa shape index (κ3) is 2.29. The van der Waals surface area contributed by atoms with Crippen molar-refractivity contribution in [2.24, 2.45) is 0 Å². The summed E-state index contributed by atoms with van der Waals surface area (Å²) in [5.74, 6) is 1.18. The quantitative estimate of drug-likeness (QED) is 0.757. The fourth-order valence-electron chi connectivity index (χ4n) is 2.25. The molecule has 1 amide bonds. The number of anilines is 2. The molecule has 0 aliphatic carbocycles. The molecule has 1 saturated heterocycles. The molecule has 18 heavy (non-hydrogen) atoms. The van der Waals surface area contributed by atoms with Crippen molar-refractivity contribution < 1.29 is 9.90 Å². The van der Waals surface area contributed by atoms with Crippen molar-refractivity contribution in [1.29, 1.82) is 0 Å². The standard InChI is InChI=1S/C11H17N5O2/c1-7-5-9(12)13-14-10(7)15-3-4-16(11(17)18)8(2)6-15/h5,8H,3-4,6H2,1-2H3,(H2,12,13)(H,17,18). The molecule has 1 aliphatic rings. The molecular weight excluding hydrogens is 234 g/mol. The second-order valence-corrected chi connectivity index (χ2v) is 4.55. The molecule has 0 spiro atoms. The van der Waals surface area contributed by atoms with E-state index in [1.165, 1.54) is 4.90 Å². The summed E-state index contributed by atoms with van der Waals surface area (Å²) < 4.78 is 0. The van der Waals surface area contributed by atoms with Gasteiger partial charge in [0, 0.05) is 25.7 Å². The van der Waals surface area contributed by atoms with E-state index in [9.17, 15) is 4.79 Å². The van der Waals surface area contributed by atoms with Crippen molar-refractivity contribution in [3.05, 3.63) is 11.6 Å². The molecule has 1 aromatic rings. The Kier molecular flexibility index (Phi) is 3.22. The number of nitrogens with zero attached hydrogens (tertiary/aromatic N) is 4. The van der Waals surface area contributed by atoms with Crippen molar-refractivity contribution >= 4 is 17.7 Å². The molecule has 0 radical (unpaired) electrons. The molecule has 1 fully saturated rings. The summed E-state index contributed by atoms with van der Waals surface area (Å²) in [7, 11) is 0. The van der Waals surface area contributed by atoms with Gasteiger partial charge in [0.15, 0.2) is 5.82 Å². The maximum atomic E-state index is 11.0. The van der Waals surface area contributed by atoms with Crippen LogP contribution < -0.4 is 10.6 Å². The smallest absolute Gasteiger partial charge is 0.407 e. The normalized spacial score (nSPS) is 20.0. The van der Waals surface area contributed by atoms with Crippen LogP contribution in [-0.4, -0.2) is 52.0 Å². The monoisotopic (exact) mass is 251 g/mol. The highest BCUT2D eigenvalue weighted by molar-refractivity contribution is 5.66. The molecule has 98 valence electrons. The lowest BCUT2D eigenvalue weighted by atomic mass is 10.2. The summed E-state index contributed by atoms with van der Waals surface area (Å²) in [6.07, 6.45) is -0.873. The zero-order valence-corrected chi connectivity index (χ0v) is 10.5. The van der Waals surface area contributed by atoms with Gasteiger partial charge in [-0.25, -0.2) is 4.79 Å². The lowest BCUT2D eigenvalue weighted by molar-refractivity contribution is 0.122. The zero-order valence-electron chi connectivity index (χ0n) is 10.5. The number of amides is 1. The van der Waals surface area contributed by atoms with Gasteiger partial charge in [-0.2, -0.15) is 0 Å². The summed E-state index contributed by atoms with van der Waals surface area (Å²) in [6, 6.07) is 1.71. The fraction of sp³-hybridized carbons (Fsp3) is 0.545. The minimum Gasteiger partial charge on any atom is -0.465 e. The van der Waals surface area contributed by atoms with Crippen LogP contribution in [0.2, 0.25) is 0 Å². The Morgan fingerprint density at radius 2 is 2.22 bits per heavy atom. The van der Waals surface area contributed by atoms with Gasteiger partial charge >= 0.3 is 6.09 Å². The first-order chi connectivity index (χ1) is 8.49. The molecule has 1 aromatic heterocycles. The minimum absolute atomic E-state index is 0.0602. The number of piperazine rings is 1. The highest BCUT2D eigenvalue weighted by Gasteiger charge is 2.28. The fourth-order valence-corrected chi connectivity index (χ4v) is 2.25. The van der Waals surface area contributed by atoms with Gasteiger partial charge in [0.25, 0.3) is 0 Å². The predicted octanol–water partition coefficient (Wildman–Crippen LogP) is 0.556. The molecule has 0 aromatic carbocycles. The van der Waals surface area contributed by atoms with E-state index in [-0.39, 0.29) is 6.04 Å². The van der Waals surface area contributed by atoms with Gasteiger partial charge in [-0.3, -0.25) is 0 Å². The van der Waals surface area contributed by atoms with E-state index < -0.39 is 6.09 Å². The average molecular weight is 251 g/mol. The number of hydrogen-bond acceptors (Lipinski definition) is 5. The summed E-state index contributed by atoms with van der Waals surface area (Å²) >= 11 is 0. The second-order valence-electron chi connectivity index (χ2n) is 4.55. The van der Waals surface area contributed by atoms with Crippen molar-refractivity contribution in [2.45, 2.75) is 19.9 Å². The Hall–Kier alpha value is -2.05. The predicted molar refractivity (Wildman–Crippen MR) is 67.6 cm³/mol. The molecule has 2 heterocycles. The first-order valence-corrected chi connectivity index (χ1v) is 5.83. The van der Waals surface area contributed by atoms with Crippen LogP contribution in [0.5, 0.6) is 0 Å². The Balaban J connectivity index is 2.15. The number of nitrogens with two attached hydrogens (primary N) is 1. The Morgan fingerprint density at radius 3 is 2.78 bits per heavy atom. The molecule has 0 bridgehead atoms.